The molecule has 2 saturated heterocycles. The van der Waals surface area contributed by atoms with E-state index in [1.807, 2.05) is 0 Å². The minimum atomic E-state index is -0.310. The Balaban J connectivity index is 1.76. The molecule has 1 atom stereocenters. The van der Waals surface area contributed by atoms with Crippen LogP contribution in [0, 0.1) is 5.82 Å². The number of fused-ring (bicyclic) bond motifs is 1. The van der Waals surface area contributed by atoms with Gasteiger partial charge in [-0.05, 0) is 31.5 Å². The van der Waals surface area contributed by atoms with E-state index < -0.39 is 0 Å². The predicted molar refractivity (Wildman–Crippen MR) is 90.3 cm³/mol. The quantitative estimate of drug-likeness (QED) is 0.537. The summed E-state index contributed by atoms with van der Waals surface area (Å²) in [6.07, 6.45) is 2.42. The van der Waals surface area contributed by atoms with Gasteiger partial charge in [0.05, 0.1) is 11.4 Å². The molecule has 23 heavy (non-hydrogen) atoms. The van der Waals surface area contributed by atoms with E-state index in [9.17, 15) is 4.39 Å². The monoisotopic (exact) mass is 319 g/mol. The van der Waals surface area contributed by atoms with Gasteiger partial charge in [0.1, 0.15) is 5.82 Å². The highest BCUT2D eigenvalue weighted by molar-refractivity contribution is 5.93. The summed E-state index contributed by atoms with van der Waals surface area (Å²) < 4.78 is 14.4. The van der Waals surface area contributed by atoms with Crippen LogP contribution in [0.3, 0.4) is 0 Å². The van der Waals surface area contributed by atoms with Gasteiger partial charge < -0.3 is 22.1 Å². The molecule has 3 rings (SSSR count). The Morgan fingerprint density at radius 3 is 2.74 bits per heavy atom. The summed E-state index contributed by atoms with van der Waals surface area (Å²) in [5.41, 5.74) is 17.0. The number of hydrogen-bond acceptors (Lipinski definition) is 3. The van der Waals surface area contributed by atoms with Crippen molar-refractivity contribution in [2.24, 2.45) is 27.2 Å². The van der Waals surface area contributed by atoms with E-state index in [1.54, 1.807) is 12.1 Å². The van der Waals surface area contributed by atoms with E-state index in [1.165, 1.54) is 25.5 Å². The van der Waals surface area contributed by atoms with Gasteiger partial charge in [-0.1, -0.05) is 0 Å². The van der Waals surface area contributed by atoms with Crippen LogP contribution >= 0.6 is 0 Å². The van der Waals surface area contributed by atoms with Crippen LogP contribution in [0.25, 0.3) is 0 Å². The first-order valence-electron chi connectivity index (χ1n) is 7.75. The largest absolute Gasteiger partial charge is 0.370 e. The summed E-state index contributed by atoms with van der Waals surface area (Å²) in [7, 11) is 0. The third kappa shape index (κ3) is 3.53. The molecule has 2 heterocycles. The van der Waals surface area contributed by atoms with Crippen LogP contribution in [0.4, 0.5) is 15.8 Å². The smallest absolute Gasteiger partial charge is 0.223 e. The zero-order valence-corrected chi connectivity index (χ0v) is 13.0. The maximum atomic E-state index is 14.4. The number of nitrogens with two attached hydrogens (primary N) is 3. The summed E-state index contributed by atoms with van der Waals surface area (Å²) in [5, 5.41) is 0. The van der Waals surface area contributed by atoms with Gasteiger partial charge in [-0.2, -0.15) is 4.99 Å². The van der Waals surface area contributed by atoms with Crippen molar-refractivity contribution in [2.45, 2.75) is 18.9 Å². The van der Waals surface area contributed by atoms with Gasteiger partial charge >= 0.3 is 0 Å². The lowest BCUT2D eigenvalue weighted by molar-refractivity contribution is 0.230. The number of halogens is 1. The van der Waals surface area contributed by atoms with Crippen molar-refractivity contribution in [3.05, 3.63) is 24.0 Å². The van der Waals surface area contributed by atoms with Crippen molar-refractivity contribution >= 4 is 23.3 Å². The number of aliphatic imine (C=N–C) groups is 2. The molecule has 1 aromatic carbocycles. The molecule has 6 N–H and O–H groups in total. The van der Waals surface area contributed by atoms with E-state index in [2.05, 4.69) is 19.8 Å². The number of benzene rings is 1. The predicted octanol–water partition coefficient (Wildman–Crippen LogP) is 0.330. The average molecular weight is 319 g/mol. The number of nitrogens with zero attached hydrogens (tertiary/aromatic N) is 4. The van der Waals surface area contributed by atoms with Crippen molar-refractivity contribution in [3.63, 3.8) is 0 Å². The second kappa shape index (κ2) is 6.41. The Hall–Kier alpha value is -2.35. The van der Waals surface area contributed by atoms with Gasteiger partial charge in [0.25, 0.3) is 0 Å². The van der Waals surface area contributed by atoms with Gasteiger partial charge in [-0.25, -0.2) is 9.38 Å². The number of anilines is 1. The van der Waals surface area contributed by atoms with Crippen molar-refractivity contribution in [3.8, 4) is 0 Å². The van der Waals surface area contributed by atoms with Crippen LogP contribution in [0.15, 0.2) is 28.2 Å². The van der Waals surface area contributed by atoms with Crippen LogP contribution in [-0.4, -0.2) is 49.0 Å². The second-order valence-corrected chi connectivity index (χ2v) is 5.92. The van der Waals surface area contributed by atoms with Gasteiger partial charge in [0.15, 0.2) is 5.96 Å². The Labute approximate surface area is 134 Å². The molecule has 2 aliphatic rings. The lowest BCUT2D eigenvalue weighted by atomic mass is 10.1. The summed E-state index contributed by atoms with van der Waals surface area (Å²) >= 11 is 0. The summed E-state index contributed by atoms with van der Waals surface area (Å²) in [5.74, 6) is -0.593. The van der Waals surface area contributed by atoms with Crippen LogP contribution in [0.2, 0.25) is 0 Å². The van der Waals surface area contributed by atoms with E-state index in [0.717, 1.165) is 19.6 Å². The summed E-state index contributed by atoms with van der Waals surface area (Å²) in [6.45, 7) is 3.86. The second-order valence-electron chi connectivity index (χ2n) is 5.92. The molecule has 0 aliphatic carbocycles. The lowest BCUT2D eigenvalue weighted by Gasteiger charge is -2.38. The standard InChI is InChI=1S/C15H22FN7/c16-12-8-10(20-15(19)21-14(17)18)3-4-13(12)23-7-6-22-5-1-2-11(22)9-23/h3-4,8,11H,1-2,5-7,9H2,(H6,17,18,19,20,21). The Bertz CT molecular complexity index is 639. The molecule has 0 amide bonds. The average Bonchev–Trinajstić information content (AvgIpc) is 2.93. The lowest BCUT2D eigenvalue weighted by Crippen LogP contribution is -2.50. The van der Waals surface area contributed by atoms with E-state index in [-0.39, 0.29) is 17.7 Å². The van der Waals surface area contributed by atoms with Gasteiger partial charge in [0.2, 0.25) is 5.96 Å². The Morgan fingerprint density at radius 1 is 1.17 bits per heavy atom. The number of rotatable bonds is 2. The van der Waals surface area contributed by atoms with Crippen molar-refractivity contribution in [1.82, 2.24) is 4.90 Å². The molecule has 2 aliphatic heterocycles. The first-order chi connectivity index (χ1) is 11.0. The highest BCUT2D eigenvalue weighted by Crippen LogP contribution is 2.29. The summed E-state index contributed by atoms with van der Waals surface area (Å²) in [6, 6.07) is 5.35. The Kier molecular flexibility index (Phi) is 4.33. The molecule has 2 fully saturated rings. The fourth-order valence-electron chi connectivity index (χ4n) is 3.32. The molecular formula is C15H22FN7. The first kappa shape index (κ1) is 15.5. The molecular weight excluding hydrogens is 297 g/mol. The highest BCUT2D eigenvalue weighted by atomic mass is 19.1. The minimum absolute atomic E-state index is 0.100. The molecule has 0 radical (unpaired) electrons. The van der Waals surface area contributed by atoms with Crippen LogP contribution in [-0.2, 0) is 0 Å². The van der Waals surface area contributed by atoms with Crippen molar-refractivity contribution in [1.29, 1.82) is 0 Å². The number of piperazine rings is 1. The molecule has 0 aromatic heterocycles. The molecule has 0 bridgehead atoms. The normalized spacial score (nSPS) is 22.0. The van der Waals surface area contributed by atoms with E-state index >= 15 is 0 Å². The van der Waals surface area contributed by atoms with Crippen molar-refractivity contribution in [2.75, 3.05) is 31.1 Å². The van der Waals surface area contributed by atoms with Crippen LogP contribution in [0.1, 0.15) is 12.8 Å². The minimum Gasteiger partial charge on any atom is -0.370 e. The topological polar surface area (TPSA) is 109 Å². The first-order valence-corrected chi connectivity index (χ1v) is 7.75. The number of hydrogen-bond donors (Lipinski definition) is 3. The zero-order chi connectivity index (χ0) is 16.4. The summed E-state index contributed by atoms with van der Waals surface area (Å²) in [4.78, 5) is 12.2. The van der Waals surface area contributed by atoms with Gasteiger partial charge in [-0.15, -0.1) is 0 Å². The van der Waals surface area contributed by atoms with Crippen LogP contribution in [0.5, 0.6) is 0 Å². The highest BCUT2D eigenvalue weighted by Gasteiger charge is 2.31. The maximum absolute atomic E-state index is 14.4. The zero-order valence-electron chi connectivity index (χ0n) is 13.0. The molecule has 8 heteroatoms. The van der Waals surface area contributed by atoms with Gasteiger partial charge in [0, 0.05) is 31.7 Å². The third-order valence-electron chi connectivity index (χ3n) is 4.35. The molecule has 1 unspecified atom stereocenters. The fraction of sp³-hybridized carbons (Fsp3) is 0.467. The van der Waals surface area contributed by atoms with Crippen LogP contribution < -0.4 is 22.1 Å². The van der Waals surface area contributed by atoms with E-state index in [0.29, 0.717) is 17.4 Å². The van der Waals surface area contributed by atoms with Gasteiger partial charge in [-0.3, -0.25) is 4.90 Å². The SMILES string of the molecule is NC(N)=NC(N)=Nc1ccc(N2CCN3CCCC3C2)c(F)c1. The number of guanidine groups is 2. The van der Waals surface area contributed by atoms with E-state index in [4.69, 9.17) is 17.2 Å². The fourth-order valence-corrected chi connectivity index (χ4v) is 3.32. The molecule has 7 nitrogen and oxygen atoms in total. The molecule has 124 valence electrons. The molecule has 1 aromatic rings. The third-order valence-corrected chi connectivity index (χ3v) is 4.35. The Morgan fingerprint density at radius 2 is 2.00 bits per heavy atom. The molecule has 0 saturated carbocycles. The molecule has 0 spiro atoms. The van der Waals surface area contributed by atoms with Crippen molar-refractivity contribution < 1.29 is 4.39 Å². The maximum Gasteiger partial charge on any atom is 0.223 e.